The van der Waals surface area contributed by atoms with E-state index in [1.165, 1.54) is 26.2 Å². The fraction of sp³-hybridized carbons (Fsp3) is 0.667. The van der Waals surface area contributed by atoms with Gasteiger partial charge in [-0.05, 0) is 70.1 Å². The molecule has 0 bridgehead atoms. The summed E-state index contributed by atoms with van der Waals surface area (Å²) >= 11 is 6.00. The lowest BCUT2D eigenvalue weighted by molar-refractivity contribution is -0.147. The maximum Gasteiger partial charge on any atom is 0.245 e. The molecule has 188 valence electrons. The first kappa shape index (κ1) is 26.5. The Morgan fingerprint density at radius 2 is 1.65 bits per heavy atom. The Morgan fingerprint density at radius 3 is 2.18 bits per heavy atom. The average Bonchev–Trinajstić information content (AvgIpc) is 2.79. The van der Waals surface area contributed by atoms with Crippen LogP contribution in [0.15, 0.2) is 24.3 Å². The van der Waals surface area contributed by atoms with Gasteiger partial charge in [0.2, 0.25) is 17.7 Å². The molecule has 3 amide bonds. The summed E-state index contributed by atoms with van der Waals surface area (Å²) in [4.78, 5) is 40.7. The van der Waals surface area contributed by atoms with Crippen LogP contribution in [0.25, 0.3) is 0 Å². The monoisotopic (exact) mass is 489 g/mol. The maximum atomic E-state index is 13.6. The molecule has 7 heteroatoms. The van der Waals surface area contributed by atoms with Crippen molar-refractivity contribution in [3.63, 3.8) is 0 Å². The number of benzene rings is 1. The molecule has 0 spiro atoms. The molecule has 0 radical (unpaired) electrons. The van der Waals surface area contributed by atoms with Crippen molar-refractivity contribution in [3.8, 4) is 0 Å². The molecule has 34 heavy (non-hydrogen) atoms. The zero-order valence-electron chi connectivity index (χ0n) is 21.1. The zero-order valence-corrected chi connectivity index (χ0v) is 21.8. The summed E-state index contributed by atoms with van der Waals surface area (Å²) in [5.41, 5.74) is 0.222. The quantitative estimate of drug-likeness (QED) is 0.617. The highest BCUT2D eigenvalue weighted by Gasteiger charge is 2.49. The Bertz CT molecular complexity index is 864. The van der Waals surface area contributed by atoms with Crippen molar-refractivity contribution < 1.29 is 14.4 Å². The minimum atomic E-state index is -0.635. The molecular weight excluding hydrogens is 450 g/mol. The van der Waals surface area contributed by atoms with Gasteiger partial charge in [-0.2, -0.15) is 0 Å². The van der Waals surface area contributed by atoms with Crippen LogP contribution < -0.4 is 10.6 Å². The van der Waals surface area contributed by atoms with Gasteiger partial charge in [0.15, 0.2) is 0 Å². The summed E-state index contributed by atoms with van der Waals surface area (Å²) in [7, 11) is 0. The fourth-order valence-corrected chi connectivity index (χ4v) is 5.72. The summed E-state index contributed by atoms with van der Waals surface area (Å²) in [5, 5.41) is 6.72. The Hall–Kier alpha value is -2.08. The summed E-state index contributed by atoms with van der Waals surface area (Å²) in [6, 6.07) is 6.71. The van der Waals surface area contributed by atoms with Gasteiger partial charge in [-0.1, -0.05) is 43.0 Å². The Labute approximate surface area is 209 Å². The second-order valence-electron chi connectivity index (χ2n) is 11.1. The first-order valence-electron chi connectivity index (χ1n) is 12.6. The maximum absolute atomic E-state index is 13.6. The molecule has 1 atom stereocenters. The van der Waals surface area contributed by atoms with Crippen molar-refractivity contribution in [2.45, 2.75) is 90.6 Å². The summed E-state index contributed by atoms with van der Waals surface area (Å²) in [6.07, 6.45) is 7.48. The van der Waals surface area contributed by atoms with Crippen molar-refractivity contribution in [2.24, 2.45) is 11.3 Å². The van der Waals surface area contributed by atoms with Gasteiger partial charge >= 0.3 is 0 Å². The largest absolute Gasteiger partial charge is 0.351 e. The predicted molar refractivity (Wildman–Crippen MR) is 135 cm³/mol. The molecule has 2 aliphatic rings. The summed E-state index contributed by atoms with van der Waals surface area (Å²) in [6.45, 7) is 8.56. The van der Waals surface area contributed by atoms with Crippen LogP contribution in [0.2, 0.25) is 5.02 Å². The lowest BCUT2D eigenvalue weighted by Crippen LogP contribution is -2.58. The molecule has 2 N–H and O–H groups in total. The van der Waals surface area contributed by atoms with Crippen LogP contribution in [0.1, 0.15) is 78.2 Å². The van der Waals surface area contributed by atoms with E-state index in [1.807, 2.05) is 37.8 Å². The van der Waals surface area contributed by atoms with Crippen LogP contribution in [0.5, 0.6) is 0 Å². The highest BCUT2D eigenvalue weighted by atomic mass is 35.5. The van der Waals surface area contributed by atoms with Crippen molar-refractivity contribution in [1.29, 1.82) is 0 Å². The minimum absolute atomic E-state index is 0.0846. The zero-order chi connectivity index (χ0) is 24.9. The Balaban J connectivity index is 1.74. The van der Waals surface area contributed by atoms with Crippen LogP contribution in [0.4, 0.5) is 0 Å². The number of likely N-dealkylation sites (tertiary alicyclic amines) is 1. The van der Waals surface area contributed by atoms with E-state index < -0.39 is 11.5 Å². The molecule has 1 aromatic rings. The molecule has 1 saturated carbocycles. The Kier molecular flexibility index (Phi) is 8.66. The third-order valence-electron chi connectivity index (χ3n) is 7.32. The molecule has 0 unspecified atom stereocenters. The number of piperidine rings is 1. The molecule has 0 aromatic heterocycles. The number of rotatable bonds is 6. The number of amides is 3. The van der Waals surface area contributed by atoms with Crippen molar-refractivity contribution in [1.82, 2.24) is 15.5 Å². The number of hydrogen-bond acceptors (Lipinski definition) is 3. The number of halogens is 1. The predicted octanol–water partition coefficient (Wildman–Crippen LogP) is 4.49. The number of hydrogen-bond donors (Lipinski definition) is 2. The van der Waals surface area contributed by atoms with Gasteiger partial charge in [-0.3, -0.25) is 14.4 Å². The summed E-state index contributed by atoms with van der Waals surface area (Å²) in [5.74, 6) is 0.184. The smallest absolute Gasteiger partial charge is 0.245 e. The third-order valence-corrected chi connectivity index (χ3v) is 7.58. The molecule has 1 saturated heterocycles. The van der Waals surface area contributed by atoms with E-state index in [0.29, 0.717) is 43.3 Å². The van der Waals surface area contributed by atoms with E-state index >= 15 is 0 Å². The van der Waals surface area contributed by atoms with Crippen LogP contribution >= 0.6 is 11.6 Å². The van der Waals surface area contributed by atoms with E-state index in [2.05, 4.69) is 10.6 Å². The van der Waals surface area contributed by atoms with Crippen molar-refractivity contribution in [3.05, 3.63) is 34.9 Å². The highest BCUT2D eigenvalue weighted by Crippen LogP contribution is 2.46. The van der Waals surface area contributed by atoms with Crippen LogP contribution in [-0.4, -0.2) is 47.3 Å². The third kappa shape index (κ3) is 6.74. The molecule has 3 rings (SSSR count). The van der Waals surface area contributed by atoms with Gasteiger partial charge < -0.3 is 15.5 Å². The molecule has 2 fully saturated rings. The standard InChI is InChI=1S/C27H40ClN3O3/c1-19(32)29-23(18-20-10-12-22(28)13-11-20)24(33)31-16-14-27(15-17-31,21-8-6-5-7-9-21)25(34)30-26(2,3)4/h10-13,21,23H,5-9,14-18H2,1-4H3,(H,29,32)(H,30,34)/t23-/m1/s1. The topological polar surface area (TPSA) is 78.5 Å². The van der Waals surface area contributed by atoms with Gasteiger partial charge in [0, 0.05) is 37.0 Å². The van der Waals surface area contributed by atoms with Gasteiger partial charge in [0.1, 0.15) is 6.04 Å². The SMILES string of the molecule is CC(=O)N[C@H](Cc1ccc(Cl)cc1)C(=O)N1CCC(C(=O)NC(C)(C)C)(C2CCCCC2)CC1. The molecule has 6 nitrogen and oxygen atoms in total. The van der Waals surface area contributed by atoms with E-state index in [0.717, 1.165) is 18.4 Å². The number of nitrogens with zero attached hydrogens (tertiary/aromatic N) is 1. The molecular formula is C27H40ClN3O3. The Morgan fingerprint density at radius 1 is 1.06 bits per heavy atom. The van der Waals surface area contributed by atoms with Crippen LogP contribution in [-0.2, 0) is 20.8 Å². The second kappa shape index (κ2) is 11.1. The minimum Gasteiger partial charge on any atom is -0.351 e. The highest BCUT2D eigenvalue weighted by molar-refractivity contribution is 6.30. The number of nitrogens with one attached hydrogen (secondary N) is 2. The molecule has 1 aliphatic heterocycles. The van der Waals surface area contributed by atoms with Gasteiger partial charge in [-0.15, -0.1) is 0 Å². The fourth-order valence-electron chi connectivity index (χ4n) is 5.59. The molecule has 1 aromatic carbocycles. The van der Waals surface area contributed by atoms with E-state index in [-0.39, 0.29) is 23.3 Å². The van der Waals surface area contributed by atoms with Gasteiger partial charge in [0.05, 0.1) is 5.41 Å². The van der Waals surface area contributed by atoms with E-state index in [1.54, 1.807) is 12.1 Å². The van der Waals surface area contributed by atoms with Crippen LogP contribution in [0.3, 0.4) is 0 Å². The molecule has 1 heterocycles. The van der Waals surface area contributed by atoms with E-state index in [4.69, 9.17) is 11.6 Å². The van der Waals surface area contributed by atoms with Gasteiger partial charge in [0.25, 0.3) is 0 Å². The van der Waals surface area contributed by atoms with Crippen molar-refractivity contribution >= 4 is 29.3 Å². The van der Waals surface area contributed by atoms with Crippen molar-refractivity contribution in [2.75, 3.05) is 13.1 Å². The average molecular weight is 490 g/mol. The lowest BCUT2D eigenvalue weighted by Gasteiger charge is -2.48. The lowest BCUT2D eigenvalue weighted by atomic mass is 9.63. The normalized spacial score (nSPS) is 19.9. The van der Waals surface area contributed by atoms with Gasteiger partial charge in [-0.25, -0.2) is 0 Å². The summed E-state index contributed by atoms with van der Waals surface area (Å²) < 4.78 is 0. The number of carbonyl (C=O) groups is 3. The van der Waals surface area contributed by atoms with Crippen LogP contribution in [0, 0.1) is 11.3 Å². The number of carbonyl (C=O) groups excluding carboxylic acids is 3. The van der Waals surface area contributed by atoms with E-state index in [9.17, 15) is 14.4 Å². The molecule has 1 aliphatic carbocycles. The first-order valence-corrected chi connectivity index (χ1v) is 13.0. The second-order valence-corrected chi connectivity index (χ2v) is 11.5. The first-order chi connectivity index (χ1) is 16.0.